The van der Waals surface area contributed by atoms with Crippen LogP contribution in [-0.4, -0.2) is 15.0 Å². The molecule has 0 spiro atoms. The van der Waals surface area contributed by atoms with E-state index in [1.165, 1.54) is 18.9 Å². The summed E-state index contributed by atoms with van der Waals surface area (Å²) in [6.45, 7) is 6.78. The fourth-order valence-corrected chi connectivity index (χ4v) is 3.29. The first-order valence-electron chi connectivity index (χ1n) is 7.12. The third-order valence-electron chi connectivity index (χ3n) is 3.37. The van der Waals surface area contributed by atoms with Gasteiger partial charge in [0.2, 0.25) is 10.0 Å². The van der Waals surface area contributed by atoms with Crippen molar-refractivity contribution in [2.75, 3.05) is 12.3 Å². The molecule has 4 nitrogen and oxygen atoms in total. The molecule has 1 aromatic rings. The summed E-state index contributed by atoms with van der Waals surface area (Å²) < 4.78 is 27.1. The Morgan fingerprint density at radius 3 is 2.55 bits per heavy atom. The van der Waals surface area contributed by atoms with Crippen LogP contribution in [0.2, 0.25) is 0 Å². The number of unbranched alkanes of at least 4 members (excludes halogenated alkanes) is 2. The second-order valence-corrected chi connectivity index (χ2v) is 7.79. The van der Waals surface area contributed by atoms with Crippen molar-refractivity contribution in [2.24, 2.45) is 5.41 Å². The zero-order valence-corrected chi connectivity index (χ0v) is 13.5. The lowest BCUT2D eigenvalue weighted by Crippen LogP contribution is -2.34. The molecule has 0 aliphatic carbocycles. The maximum Gasteiger partial charge on any atom is 0.240 e. The quantitative estimate of drug-likeness (QED) is 0.572. The van der Waals surface area contributed by atoms with Crippen LogP contribution in [0.4, 0.5) is 5.69 Å². The second-order valence-electron chi connectivity index (χ2n) is 6.02. The molecule has 0 aliphatic heterocycles. The molecule has 0 fully saturated rings. The van der Waals surface area contributed by atoms with Gasteiger partial charge < -0.3 is 5.73 Å². The summed E-state index contributed by atoms with van der Waals surface area (Å²) in [4.78, 5) is 0.224. The highest BCUT2D eigenvalue weighted by atomic mass is 32.2. The van der Waals surface area contributed by atoms with Crippen molar-refractivity contribution in [3.63, 3.8) is 0 Å². The van der Waals surface area contributed by atoms with Gasteiger partial charge in [-0.25, -0.2) is 13.1 Å². The Morgan fingerprint density at radius 1 is 1.25 bits per heavy atom. The Labute approximate surface area is 122 Å². The summed E-state index contributed by atoms with van der Waals surface area (Å²) in [5.74, 6) is 0. The van der Waals surface area contributed by atoms with Crippen LogP contribution in [0, 0.1) is 5.41 Å². The highest BCUT2D eigenvalue weighted by molar-refractivity contribution is 7.89. The molecule has 1 aromatic carbocycles. The van der Waals surface area contributed by atoms with Crippen molar-refractivity contribution in [3.8, 4) is 0 Å². The number of hydrogen-bond donors (Lipinski definition) is 2. The predicted octanol–water partition coefficient (Wildman–Crippen LogP) is 3.15. The van der Waals surface area contributed by atoms with E-state index in [1.807, 2.05) is 0 Å². The van der Waals surface area contributed by atoms with Crippen LogP contribution in [0.25, 0.3) is 0 Å². The van der Waals surface area contributed by atoms with Gasteiger partial charge in [0.25, 0.3) is 0 Å². The molecule has 0 unspecified atom stereocenters. The molecule has 0 bridgehead atoms. The van der Waals surface area contributed by atoms with E-state index in [0.717, 1.165) is 12.8 Å². The topological polar surface area (TPSA) is 72.2 Å². The number of nitrogens with two attached hydrogens (primary N) is 1. The van der Waals surface area contributed by atoms with E-state index in [0.29, 0.717) is 12.2 Å². The lowest BCUT2D eigenvalue weighted by atomic mass is 9.87. The first-order valence-corrected chi connectivity index (χ1v) is 8.60. The van der Waals surface area contributed by atoms with Gasteiger partial charge in [-0.15, -0.1) is 0 Å². The lowest BCUT2D eigenvalue weighted by Gasteiger charge is -2.24. The molecule has 0 aliphatic rings. The van der Waals surface area contributed by atoms with Crippen molar-refractivity contribution in [1.29, 1.82) is 0 Å². The van der Waals surface area contributed by atoms with Gasteiger partial charge in [-0.05, 0) is 30.0 Å². The van der Waals surface area contributed by atoms with Gasteiger partial charge in [0.15, 0.2) is 0 Å². The van der Waals surface area contributed by atoms with Crippen LogP contribution >= 0.6 is 0 Å². The number of sulfonamides is 1. The molecule has 0 amide bonds. The van der Waals surface area contributed by atoms with E-state index in [9.17, 15) is 8.42 Å². The molecular weight excluding hydrogens is 272 g/mol. The number of anilines is 1. The van der Waals surface area contributed by atoms with Gasteiger partial charge in [0.05, 0.1) is 4.90 Å². The van der Waals surface area contributed by atoms with Crippen LogP contribution < -0.4 is 10.5 Å². The van der Waals surface area contributed by atoms with Crippen LogP contribution in [0.5, 0.6) is 0 Å². The second kappa shape index (κ2) is 7.09. The minimum absolute atomic E-state index is 0.0391. The number of rotatable bonds is 8. The Kier molecular flexibility index (Phi) is 6.02. The molecule has 3 N–H and O–H groups in total. The first kappa shape index (κ1) is 17.0. The lowest BCUT2D eigenvalue weighted by molar-refractivity contribution is 0.320. The normalized spacial score (nSPS) is 12.6. The van der Waals surface area contributed by atoms with E-state index in [2.05, 4.69) is 25.5 Å². The van der Waals surface area contributed by atoms with Crippen molar-refractivity contribution in [2.45, 2.75) is 51.3 Å². The van der Waals surface area contributed by atoms with Gasteiger partial charge in [-0.3, -0.25) is 0 Å². The Bertz CT molecular complexity index is 524. The fourth-order valence-electron chi connectivity index (χ4n) is 2.00. The number of benzene rings is 1. The summed E-state index contributed by atoms with van der Waals surface area (Å²) in [5, 5.41) is 0. The Morgan fingerprint density at radius 2 is 1.95 bits per heavy atom. The minimum atomic E-state index is -3.48. The molecule has 0 radical (unpaired) electrons. The van der Waals surface area contributed by atoms with Crippen molar-refractivity contribution in [3.05, 3.63) is 24.3 Å². The largest absolute Gasteiger partial charge is 0.399 e. The fraction of sp³-hybridized carbons (Fsp3) is 0.600. The number of nitrogen functional groups attached to an aromatic ring is 1. The van der Waals surface area contributed by atoms with Gasteiger partial charge in [-0.1, -0.05) is 46.1 Å². The third-order valence-corrected chi connectivity index (χ3v) is 4.77. The standard InChI is InChI=1S/C15H26N2O2S/c1-4-5-6-10-15(2,3)12-17-20(18,19)14-9-7-8-13(16)11-14/h7-9,11,17H,4-6,10,12,16H2,1-3H3. The van der Waals surface area contributed by atoms with Gasteiger partial charge in [0.1, 0.15) is 0 Å². The zero-order chi connectivity index (χ0) is 15.2. The molecule has 0 heterocycles. The van der Waals surface area contributed by atoms with E-state index in [1.54, 1.807) is 18.2 Å². The summed E-state index contributed by atoms with van der Waals surface area (Å²) in [6, 6.07) is 6.36. The molecule has 1 rings (SSSR count). The summed E-state index contributed by atoms with van der Waals surface area (Å²) in [6.07, 6.45) is 4.50. The average molecular weight is 298 g/mol. The molecule has 0 saturated heterocycles. The SMILES string of the molecule is CCCCCC(C)(C)CNS(=O)(=O)c1cccc(N)c1. The number of nitrogens with one attached hydrogen (secondary N) is 1. The molecule has 114 valence electrons. The zero-order valence-electron chi connectivity index (χ0n) is 12.6. The highest BCUT2D eigenvalue weighted by Crippen LogP contribution is 2.23. The molecule has 20 heavy (non-hydrogen) atoms. The smallest absolute Gasteiger partial charge is 0.240 e. The van der Waals surface area contributed by atoms with E-state index < -0.39 is 10.0 Å². The monoisotopic (exact) mass is 298 g/mol. The molecule has 5 heteroatoms. The highest BCUT2D eigenvalue weighted by Gasteiger charge is 2.22. The van der Waals surface area contributed by atoms with Crippen molar-refractivity contribution >= 4 is 15.7 Å². The van der Waals surface area contributed by atoms with Crippen LogP contribution in [0.15, 0.2) is 29.2 Å². The van der Waals surface area contributed by atoms with E-state index in [-0.39, 0.29) is 10.3 Å². The van der Waals surface area contributed by atoms with E-state index in [4.69, 9.17) is 5.73 Å². The van der Waals surface area contributed by atoms with Gasteiger partial charge in [-0.2, -0.15) is 0 Å². The molecule has 0 saturated carbocycles. The predicted molar refractivity (Wildman–Crippen MR) is 84.0 cm³/mol. The average Bonchev–Trinajstić information content (AvgIpc) is 2.37. The first-order chi connectivity index (χ1) is 9.27. The molecular formula is C15H26N2O2S. The van der Waals surface area contributed by atoms with Crippen LogP contribution in [0.1, 0.15) is 46.5 Å². The minimum Gasteiger partial charge on any atom is -0.399 e. The van der Waals surface area contributed by atoms with Crippen molar-refractivity contribution < 1.29 is 8.42 Å². The van der Waals surface area contributed by atoms with Crippen molar-refractivity contribution in [1.82, 2.24) is 4.72 Å². The Hall–Kier alpha value is -1.07. The summed E-state index contributed by atoms with van der Waals surface area (Å²) in [7, 11) is -3.48. The molecule has 0 atom stereocenters. The summed E-state index contributed by atoms with van der Waals surface area (Å²) in [5.41, 5.74) is 6.04. The number of hydrogen-bond acceptors (Lipinski definition) is 3. The van der Waals surface area contributed by atoms with E-state index >= 15 is 0 Å². The van der Waals surface area contributed by atoms with Gasteiger partial charge in [0, 0.05) is 12.2 Å². The Balaban J connectivity index is 2.63. The van der Waals surface area contributed by atoms with Gasteiger partial charge >= 0.3 is 0 Å². The summed E-state index contributed by atoms with van der Waals surface area (Å²) >= 11 is 0. The van der Waals surface area contributed by atoms with Crippen LogP contribution in [-0.2, 0) is 10.0 Å². The third kappa shape index (κ3) is 5.51. The maximum absolute atomic E-state index is 12.2. The molecule has 0 aromatic heterocycles. The van der Waals surface area contributed by atoms with Crippen LogP contribution in [0.3, 0.4) is 0 Å². The maximum atomic E-state index is 12.2.